The van der Waals surface area contributed by atoms with Gasteiger partial charge in [-0.25, -0.2) is 12.8 Å². The van der Waals surface area contributed by atoms with E-state index >= 15 is 0 Å². The minimum absolute atomic E-state index is 0.0184. The molecule has 0 bridgehead atoms. The molecular formula is C20H20FN3O3S. The zero-order chi connectivity index (χ0) is 20.3. The van der Waals surface area contributed by atoms with Gasteiger partial charge in [0, 0.05) is 19.6 Å². The molecule has 0 saturated heterocycles. The molecule has 1 aliphatic rings. The van der Waals surface area contributed by atoms with E-state index in [4.69, 9.17) is 5.26 Å². The van der Waals surface area contributed by atoms with Crippen LogP contribution in [0.15, 0.2) is 53.4 Å². The highest BCUT2D eigenvalue weighted by molar-refractivity contribution is 7.89. The zero-order valence-electron chi connectivity index (χ0n) is 15.4. The summed E-state index contributed by atoms with van der Waals surface area (Å²) in [6.07, 6.45) is 1.71. The lowest BCUT2D eigenvalue weighted by Gasteiger charge is -2.25. The Hall–Kier alpha value is -2.76. The second-order valence-corrected chi connectivity index (χ2v) is 8.82. The van der Waals surface area contributed by atoms with Crippen molar-refractivity contribution < 1.29 is 17.6 Å². The zero-order valence-corrected chi connectivity index (χ0v) is 16.2. The summed E-state index contributed by atoms with van der Waals surface area (Å²) in [5, 5.41) is 8.83. The Kier molecular flexibility index (Phi) is 5.77. The third kappa shape index (κ3) is 4.55. The number of halogens is 1. The Morgan fingerprint density at radius 1 is 1.21 bits per heavy atom. The predicted octanol–water partition coefficient (Wildman–Crippen LogP) is 2.51. The quantitative estimate of drug-likeness (QED) is 0.714. The van der Waals surface area contributed by atoms with Crippen molar-refractivity contribution in [1.29, 1.82) is 5.26 Å². The summed E-state index contributed by atoms with van der Waals surface area (Å²) in [4.78, 5) is 14.4. The van der Waals surface area contributed by atoms with Gasteiger partial charge in [0.25, 0.3) is 0 Å². The smallest absolute Gasteiger partial charge is 0.243 e. The maximum Gasteiger partial charge on any atom is 0.243 e. The highest BCUT2D eigenvalue weighted by atomic mass is 32.2. The summed E-state index contributed by atoms with van der Waals surface area (Å²) in [6.45, 7) is -0.0693. The first-order chi connectivity index (χ1) is 13.3. The van der Waals surface area contributed by atoms with E-state index < -0.39 is 10.0 Å². The van der Waals surface area contributed by atoms with Crippen molar-refractivity contribution in [2.75, 3.05) is 13.6 Å². The Balaban J connectivity index is 1.72. The van der Waals surface area contributed by atoms with Crippen molar-refractivity contribution >= 4 is 15.9 Å². The molecule has 1 aliphatic carbocycles. The van der Waals surface area contributed by atoms with Crippen molar-refractivity contribution in [3.63, 3.8) is 0 Å². The van der Waals surface area contributed by atoms with Gasteiger partial charge in [-0.1, -0.05) is 12.1 Å². The molecule has 8 heteroatoms. The Bertz CT molecular complexity index is 1010. The molecule has 0 spiro atoms. The van der Waals surface area contributed by atoms with Gasteiger partial charge in [-0.05, 0) is 54.8 Å². The molecule has 0 N–H and O–H groups in total. The highest BCUT2D eigenvalue weighted by Crippen LogP contribution is 2.29. The molecule has 1 amide bonds. The van der Waals surface area contributed by atoms with Gasteiger partial charge in [0.15, 0.2) is 0 Å². The number of nitrogens with zero attached hydrogens (tertiary/aromatic N) is 3. The van der Waals surface area contributed by atoms with Crippen LogP contribution in [-0.2, 0) is 21.4 Å². The van der Waals surface area contributed by atoms with Gasteiger partial charge in [0.2, 0.25) is 15.9 Å². The fraction of sp³-hybridized carbons (Fsp3) is 0.300. The Morgan fingerprint density at radius 2 is 1.89 bits per heavy atom. The number of hydrogen-bond acceptors (Lipinski definition) is 4. The molecule has 28 heavy (non-hydrogen) atoms. The van der Waals surface area contributed by atoms with E-state index in [0.717, 1.165) is 17.1 Å². The molecule has 3 rings (SSSR count). The van der Waals surface area contributed by atoms with E-state index in [1.807, 2.05) is 6.07 Å². The highest BCUT2D eigenvalue weighted by Gasteiger charge is 2.34. The number of carbonyl (C=O) groups is 1. The average Bonchev–Trinajstić information content (AvgIpc) is 3.51. The van der Waals surface area contributed by atoms with Crippen LogP contribution in [0.2, 0.25) is 0 Å². The first kappa shape index (κ1) is 20.0. The minimum atomic E-state index is -3.86. The van der Waals surface area contributed by atoms with E-state index in [9.17, 15) is 17.6 Å². The first-order valence-corrected chi connectivity index (χ1v) is 10.3. The molecule has 1 fully saturated rings. The maximum absolute atomic E-state index is 13.4. The molecular weight excluding hydrogens is 381 g/mol. The summed E-state index contributed by atoms with van der Waals surface area (Å²) < 4.78 is 39.8. The Labute approximate surface area is 163 Å². The van der Waals surface area contributed by atoms with Gasteiger partial charge >= 0.3 is 0 Å². The maximum atomic E-state index is 13.4. The fourth-order valence-corrected chi connectivity index (χ4v) is 4.01. The molecule has 2 aromatic carbocycles. The predicted molar refractivity (Wildman–Crippen MR) is 101 cm³/mol. The van der Waals surface area contributed by atoms with Crippen LogP contribution in [0.1, 0.15) is 24.0 Å². The number of amides is 1. The van der Waals surface area contributed by atoms with Crippen LogP contribution < -0.4 is 0 Å². The number of benzene rings is 2. The lowest BCUT2D eigenvalue weighted by Crippen LogP contribution is -2.41. The summed E-state index contributed by atoms with van der Waals surface area (Å²) in [5.74, 6) is -0.701. The van der Waals surface area contributed by atoms with E-state index in [0.29, 0.717) is 11.1 Å². The van der Waals surface area contributed by atoms with E-state index in [1.54, 1.807) is 17.0 Å². The number of rotatable bonds is 7. The molecule has 0 unspecified atom stereocenters. The number of likely N-dealkylation sites (N-methyl/N-ethyl adjacent to an activating group) is 1. The number of carbonyl (C=O) groups excluding carboxylic acids is 1. The molecule has 6 nitrogen and oxygen atoms in total. The van der Waals surface area contributed by atoms with Crippen molar-refractivity contribution in [2.24, 2.45) is 0 Å². The van der Waals surface area contributed by atoms with Crippen LogP contribution in [0, 0.1) is 17.1 Å². The monoisotopic (exact) mass is 401 g/mol. The third-order valence-electron chi connectivity index (χ3n) is 4.60. The third-order valence-corrected chi connectivity index (χ3v) is 6.42. The topological polar surface area (TPSA) is 81.5 Å². The summed E-state index contributed by atoms with van der Waals surface area (Å²) in [5.41, 5.74) is 1.02. The largest absolute Gasteiger partial charge is 0.334 e. The SMILES string of the molecule is CN(CC(=O)N(Cc1cccc(F)c1)C1CC1)S(=O)(=O)c1ccc(C#N)cc1. The van der Waals surface area contributed by atoms with E-state index in [-0.39, 0.29) is 35.8 Å². The van der Waals surface area contributed by atoms with Gasteiger partial charge in [-0.3, -0.25) is 4.79 Å². The van der Waals surface area contributed by atoms with Crippen LogP contribution >= 0.6 is 0 Å². The molecule has 1 saturated carbocycles. The molecule has 0 radical (unpaired) electrons. The van der Waals surface area contributed by atoms with Gasteiger partial charge in [0.05, 0.1) is 23.1 Å². The molecule has 0 aliphatic heterocycles. The first-order valence-electron chi connectivity index (χ1n) is 8.81. The van der Waals surface area contributed by atoms with Crippen molar-refractivity contribution in [1.82, 2.24) is 9.21 Å². The van der Waals surface area contributed by atoms with Crippen LogP contribution in [0.3, 0.4) is 0 Å². The lowest BCUT2D eigenvalue weighted by molar-refractivity contribution is -0.132. The van der Waals surface area contributed by atoms with Crippen molar-refractivity contribution in [2.45, 2.75) is 30.3 Å². The van der Waals surface area contributed by atoms with E-state index in [1.165, 1.54) is 43.4 Å². The van der Waals surface area contributed by atoms with Crippen LogP contribution in [0.4, 0.5) is 4.39 Å². The van der Waals surface area contributed by atoms with Gasteiger partial charge < -0.3 is 4.90 Å². The van der Waals surface area contributed by atoms with Crippen molar-refractivity contribution in [3.8, 4) is 6.07 Å². The van der Waals surface area contributed by atoms with Crippen LogP contribution in [-0.4, -0.2) is 43.2 Å². The van der Waals surface area contributed by atoms with Crippen LogP contribution in [0.25, 0.3) is 0 Å². The fourth-order valence-electron chi connectivity index (χ4n) is 2.89. The normalized spacial score (nSPS) is 13.9. The molecule has 2 aromatic rings. The minimum Gasteiger partial charge on any atom is -0.334 e. The summed E-state index contributed by atoms with van der Waals surface area (Å²) >= 11 is 0. The lowest BCUT2D eigenvalue weighted by atomic mass is 10.2. The van der Waals surface area contributed by atoms with E-state index in [2.05, 4.69) is 0 Å². The standard InChI is InChI=1S/C20H20FN3O3S/c1-23(28(26,27)19-9-5-15(12-22)6-10-19)14-20(25)24(18-7-8-18)13-16-3-2-4-17(21)11-16/h2-6,9-11,18H,7-8,13-14H2,1H3. The average molecular weight is 401 g/mol. The Morgan fingerprint density at radius 3 is 2.46 bits per heavy atom. The van der Waals surface area contributed by atoms with Crippen molar-refractivity contribution in [3.05, 3.63) is 65.5 Å². The number of hydrogen-bond donors (Lipinski definition) is 0. The molecule has 0 atom stereocenters. The van der Waals surface area contributed by atoms with Gasteiger partial charge in [-0.15, -0.1) is 0 Å². The van der Waals surface area contributed by atoms with Gasteiger partial charge in [-0.2, -0.15) is 9.57 Å². The summed E-state index contributed by atoms with van der Waals surface area (Å²) in [6, 6.07) is 13.6. The van der Waals surface area contributed by atoms with Gasteiger partial charge in [0.1, 0.15) is 5.82 Å². The molecule has 146 valence electrons. The number of nitriles is 1. The van der Waals surface area contributed by atoms with Crippen LogP contribution in [0.5, 0.6) is 0 Å². The molecule has 0 aromatic heterocycles. The number of sulfonamides is 1. The second-order valence-electron chi connectivity index (χ2n) is 6.78. The molecule has 0 heterocycles. The summed E-state index contributed by atoms with van der Waals surface area (Å²) in [7, 11) is -2.52. The second kappa shape index (κ2) is 8.09.